The van der Waals surface area contributed by atoms with Crippen LogP contribution in [0.25, 0.3) is 0 Å². The second-order valence-corrected chi connectivity index (χ2v) is 5.78. The maximum Gasteiger partial charge on any atom is 0.391 e. The molecule has 1 aliphatic carbocycles. The summed E-state index contributed by atoms with van der Waals surface area (Å²) < 4.78 is 37.8. The average molecular weight is 302 g/mol. The van der Waals surface area contributed by atoms with E-state index in [0.29, 0.717) is 11.6 Å². The number of alkyl halides is 3. The molecule has 0 atom stereocenters. The zero-order chi connectivity index (χ0) is 15.2. The molecule has 1 aliphatic heterocycles. The molecular weight excluding hydrogens is 285 g/mol. The number of nitrogens with zero attached hydrogens (tertiary/aromatic N) is 2. The van der Waals surface area contributed by atoms with Gasteiger partial charge in [-0.3, -0.25) is 9.89 Å². The third kappa shape index (κ3) is 2.71. The predicted molar refractivity (Wildman–Crippen MR) is 69.7 cm³/mol. The van der Waals surface area contributed by atoms with Gasteiger partial charge in [0.25, 0.3) is 5.91 Å². The van der Waals surface area contributed by atoms with E-state index in [1.165, 1.54) is 4.90 Å². The lowest BCUT2D eigenvalue weighted by molar-refractivity contribution is -0.183. The molecule has 1 saturated heterocycles. The van der Waals surface area contributed by atoms with Crippen LogP contribution in [-0.2, 0) is 0 Å². The highest BCUT2D eigenvalue weighted by molar-refractivity contribution is 5.97. The third-order valence-corrected chi connectivity index (χ3v) is 4.27. The highest BCUT2D eigenvalue weighted by Crippen LogP contribution is 2.42. The Morgan fingerprint density at radius 1 is 1.24 bits per heavy atom. The number of halogens is 3. The normalized spacial score (nSPS) is 20.8. The van der Waals surface area contributed by atoms with Crippen LogP contribution in [-0.4, -0.2) is 40.3 Å². The van der Waals surface area contributed by atoms with Gasteiger partial charge in [-0.05, 0) is 25.7 Å². The topological polar surface area (TPSA) is 75.0 Å². The van der Waals surface area contributed by atoms with Gasteiger partial charge in [-0.1, -0.05) is 0 Å². The van der Waals surface area contributed by atoms with E-state index in [9.17, 15) is 18.0 Å². The number of aromatic nitrogens is 2. The van der Waals surface area contributed by atoms with E-state index in [1.807, 2.05) is 0 Å². The molecule has 2 heterocycles. The largest absolute Gasteiger partial charge is 0.395 e. The van der Waals surface area contributed by atoms with Gasteiger partial charge in [-0.15, -0.1) is 0 Å². The van der Waals surface area contributed by atoms with Crippen molar-refractivity contribution in [3.63, 3.8) is 0 Å². The summed E-state index contributed by atoms with van der Waals surface area (Å²) in [6, 6.07) is 0. The Morgan fingerprint density at radius 3 is 2.38 bits per heavy atom. The number of amides is 1. The van der Waals surface area contributed by atoms with Crippen LogP contribution in [0.2, 0.25) is 0 Å². The first-order chi connectivity index (χ1) is 9.88. The second kappa shape index (κ2) is 4.92. The smallest absolute Gasteiger partial charge is 0.391 e. The number of carbonyl (C=O) groups is 1. The molecule has 2 fully saturated rings. The fourth-order valence-corrected chi connectivity index (χ4v) is 2.77. The lowest BCUT2D eigenvalue weighted by Crippen LogP contribution is -2.42. The minimum atomic E-state index is -4.18. The Morgan fingerprint density at radius 2 is 1.86 bits per heavy atom. The third-order valence-electron chi connectivity index (χ3n) is 4.27. The van der Waals surface area contributed by atoms with Crippen LogP contribution in [0.3, 0.4) is 0 Å². The molecule has 21 heavy (non-hydrogen) atoms. The molecule has 3 N–H and O–H groups in total. The molecule has 0 spiro atoms. The maximum atomic E-state index is 12.6. The van der Waals surface area contributed by atoms with Crippen LogP contribution in [0.1, 0.15) is 47.8 Å². The molecule has 1 saturated carbocycles. The molecule has 0 unspecified atom stereocenters. The van der Waals surface area contributed by atoms with Crippen molar-refractivity contribution in [2.24, 2.45) is 5.92 Å². The number of hydrogen-bond donors (Lipinski definition) is 2. The number of nitrogens with one attached hydrogen (secondary N) is 1. The van der Waals surface area contributed by atoms with E-state index in [0.717, 1.165) is 18.5 Å². The van der Waals surface area contributed by atoms with Gasteiger partial charge in [0.15, 0.2) is 5.69 Å². The molecular formula is C13H17F3N4O. The summed E-state index contributed by atoms with van der Waals surface area (Å²) in [5, 5.41) is 6.74. The molecule has 1 aromatic heterocycles. The number of nitrogen functional groups attached to an aromatic ring is 1. The first kappa shape index (κ1) is 14.2. The number of nitrogens with two attached hydrogens (primary N) is 1. The standard InChI is InChI=1S/C13H17F3N4O/c14-13(15,16)8-3-5-20(6-4-8)12(21)11-9(17)10(18-19-11)7-1-2-7/h7-8H,1-6,17H2,(H,18,19). The van der Waals surface area contributed by atoms with E-state index in [4.69, 9.17) is 5.73 Å². The zero-order valence-electron chi connectivity index (χ0n) is 11.4. The summed E-state index contributed by atoms with van der Waals surface area (Å²) in [7, 11) is 0. The number of aromatic amines is 1. The molecule has 0 bridgehead atoms. The fourth-order valence-electron chi connectivity index (χ4n) is 2.77. The van der Waals surface area contributed by atoms with Crippen LogP contribution in [0, 0.1) is 5.92 Å². The van der Waals surface area contributed by atoms with Crippen molar-refractivity contribution in [3.05, 3.63) is 11.4 Å². The van der Waals surface area contributed by atoms with Crippen LogP contribution in [0.15, 0.2) is 0 Å². The monoisotopic (exact) mass is 302 g/mol. The maximum absolute atomic E-state index is 12.6. The molecule has 8 heteroatoms. The minimum Gasteiger partial charge on any atom is -0.395 e. The summed E-state index contributed by atoms with van der Waals surface area (Å²) in [5.41, 5.74) is 7.20. The molecule has 0 aromatic carbocycles. The molecule has 2 aliphatic rings. The van der Waals surface area contributed by atoms with Crippen molar-refractivity contribution in [2.75, 3.05) is 18.8 Å². The van der Waals surface area contributed by atoms with Crippen molar-refractivity contribution < 1.29 is 18.0 Å². The van der Waals surface area contributed by atoms with Gasteiger partial charge in [0.2, 0.25) is 0 Å². The molecule has 0 radical (unpaired) electrons. The van der Waals surface area contributed by atoms with Gasteiger partial charge < -0.3 is 10.6 Å². The van der Waals surface area contributed by atoms with E-state index in [2.05, 4.69) is 10.2 Å². The molecule has 1 amide bonds. The first-order valence-corrected chi connectivity index (χ1v) is 7.07. The number of rotatable bonds is 2. The van der Waals surface area contributed by atoms with Gasteiger partial charge in [0.05, 0.1) is 17.3 Å². The molecule has 116 valence electrons. The predicted octanol–water partition coefficient (Wildman–Crippen LogP) is 2.28. The van der Waals surface area contributed by atoms with Crippen LogP contribution in [0.5, 0.6) is 0 Å². The van der Waals surface area contributed by atoms with Crippen molar-refractivity contribution >= 4 is 11.6 Å². The van der Waals surface area contributed by atoms with E-state index in [1.54, 1.807) is 0 Å². The van der Waals surface area contributed by atoms with Crippen molar-refractivity contribution in [2.45, 2.75) is 37.8 Å². The van der Waals surface area contributed by atoms with Crippen molar-refractivity contribution in [1.82, 2.24) is 15.1 Å². The molecule has 1 aromatic rings. The Kier molecular flexibility index (Phi) is 3.33. The Hall–Kier alpha value is -1.73. The zero-order valence-corrected chi connectivity index (χ0v) is 11.4. The number of piperidine rings is 1. The van der Waals surface area contributed by atoms with Crippen LogP contribution in [0.4, 0.5) is 18.9 Å². The second-order valence-electron chi connectivity index (χ2n) is 5.78. The van der Waals surface area contributed by atoms with Crippen LogP contribution < -0.4 is 5.73 Å². The minimum absolute atomic E-state index is 0.0605. The number of likely N-dealkylation sites (tertiary alicyclic amines) is 1. The van der Waals surface area contributed by atoms with Crippen molar-refractivity contribution in [1.29, 1.82) is 0 Å². The number of hydrogen-bond acceptors (Lipinski definition) is 3. The SMILES string of the molecule is Nc1c(C(=O)N2CCC(C(F)(F)F)CC2)n[nH]c1C1CC1. The summed E-state index contributed by atoms with van der Waals surface area (Å²) in [5.74, 6) is -1.36. The van der Waals surface area contributed by atoms with Gasteiger partial charge in [0, 0.05) is 19.0 Å². The summed E-state index contributed by atoms with van der Waals surface area (Å²) in [6.07, 6.45) is -2.25. The number of carbonyl (C=O) groups excluding carboxylic acids is 1. The van der Waals surface area contributed by atoms with E-state index in [-0.39, 0.29) is 37.5 Å². The number of H-pyrrole nitrogens is 1. The molecule has 3 rings (SSSR count). The van der Waals surface area contributed by atoms with Gasteiger partial charge in [0.1, 0.15) is 0 Å². The van der Waals surface area contributed by atoms with Gasteiger partial charge in [-0.2, -0.15) is 18.3 Å². The van der Waals surface area contributed by atoms with Gasteiger partial charge >= 0.3 is 6.18 Å². The first-order valence-electron chi connectivity index (χ1n) is 7.07. The molecule has 5 nitrogen and oxygen atoms in total. The van der Waals surface area contributed by atoms with Gasteiger partial charge in [-0.25, -0.2) is 0 Å². The Balaban J connectivity index is 1.67. The summed E-state index contributed by atoms with van der Waals surface area (Å²) >= 11 is 0. The quantitative estimate of drug-likeness (QED) is 0.880. The lowest BCUT2D eigenvalue weighted by atomic mass is 9.96. The van der Waals surface area contributed by atoms with Crippen LogP contribution >= 0.6 is 0 Å². The fraction of sp³-hybridized carbons (Fsp3) is 0.692. The van der Waals surface area contributed by atoms with E-state index < -0.39 is 12.1 Å². The highest BCUT2D eigenvalue weighted by Gasteiger charge is 2.42. The Bertz CT molecular complexity index is 542. The average Bonchev–Trinajstić information content (AvgIpc) is 3.21. The Labute approximate surface area is 119 Å². The number of anilines is 1. The van der Waals surface area contributed by atoms with Crippen molar-refractivity contribution in [3.8, 4) is 0 Å². The van der Waals surface area contributed by atoms with E-state index >= 15 is 0 Å². The summed E-state index contributed by atoms with van der Waals surface area (Å²) in [6.45, 7) is 0.183. The highest BCUT2D eigenvalue weighted by atomic mass is 19.4. The lowest BCUT2D eigenvalue weighted by Gasteiger charge is -2.32. The summed E-state index contributed by atoms with van der Waals surface area (Å²) in [4.78, 5) is 13.7.